The average Bonchev–Trinajstić information content (AvgIpc) is 3.27. The smallest absolute Gasteiger partial charge is 0.00259 e. The minimum Gasteiger partial charge on any atom is -0.0836 e. The summed E-state index contributed by atoms with van der Waals surface area (Å²) in [5.41, 5.74) is 15.2. The molecule has 10 aromatic carbocycles. The van der Waals surface area contributed by atoms with E-state index in [1.165, 1.54) is 110 Å². The van der Waals surface area contributed by atoms with Crippen molar-refractivity contribution in [3.8, 4) is 55.6 Å². The van der Waals surface area contributed by atoms with Gasteiger partial charge in [-0.2, -0.15) is 0 Å². The highest BCUT2D eigenvalue weighted by atomic mass is 14.2. The molecule has 0 amide bonds. The van der Waals surface area contributed by atoms with Gasteiger partial charge in [-0.05, 0) is 147 Å². The average molecular weight is 711 g/mol. The van der Waals surface area contributed by atoms with Crippen molar-refractivity contribution < 1.29 is 0 Å². The maximum absolute atomic E-state index is 2.45. The SMILES string of the molecule is C1=Cc2cc(-c3cccc(-c4c5ccccc5c(-c5cccc(-c6cccc7ccccc67)c5)c5ccc(-c6cccc7ccccc67)cc45)c3)ccc2CC1. The van der Waals surface area contributed by atoms with Crippen molar-refractivity contribution in [1.82, 2.24) is 0 Å². The second kappa shape index (κ2) is 13.4. The Hall–Kier alpha value is -7.02. The van der Waals surface area contributed by atoms with Crippen molar-refractivity contribution in [3.05, 3.63) is 211 Å². The molecule has 0 saturated heterocycles. The fourth-order valence-corrected chi connectivity index (χ4v) is 9.23. The fourth-order valence-electron chi connectivity index (χ4n) is 9.23. The molecule has 0 heteroatoms. The van der Waals surface area contributed by atoms with E-state index in [0.29, 0.717) is 0 Å². The predicted molar refractivity (Wildman–Crippen MR) is 241 cm³/mol. The Balaban J connectivity index is 1.18. The molecule has 0 unspecified atom stereocenters. The Labute approximate surface area is 327 Å². The van der Waals surface area contributed by atoms with E-state index in [4.69, 9.17) is 0 Å². The molecular weight excluding hydrogens is 673 g/mol. The molecule has 0 bridgehead atoms. The minimum absolute atomic E-state index is 1.11. The summed E-state index contributed by atoms with van der Waals surface area (Å²) in [5, 5.41) is 10.1. The third-order valence-corrected chi connectivity index (χ3v) is 11.9. The maximum Gasteiger partial charge on any atom is -0.00259 e. The summed E-state index contributed by atoms with van der Waals surface area (Å²) in [7, 11) is 0. The summed E-state index contributed by atoms with van der Waals surface area (Å²) in [6, 6.07) is 72.3. The van der Waals surface area contributed by atoms with E-state index < -0.39 is 0 Å². The zero-order valence-electron chi connectivity index (χ0n) is 31.0. The molecule has 56 heavy (non-hydrogen) atoms. The quantitative estimate of drug-likeness (QED) is 0.156. The number of benzene rings is 10. The van der Waals surface area contributed by atoms with Gasteiger partial charge in [0, 0.05) is 0 Å². The monoisotopic (exact) mass is 710 g/mol. The zero-order chi connectivity index (χ0) is 37.0. The second-order valence-electron chi connectivity index (χ2n) is 15.1. The summed E-state index contributed by atoms with van der Waals surface area (Å²) < 4.78 is 0. The topological polar surface area (TPSA) is 0 Å². The highest BCUT2D eigenvalue weighted by Crippen LogP contribution is 2.46. The number of fused-ring (bicyclic) bond motifs is 5. The fraction of sp³-hybridized carbons (Fsp3) is 0.0357. The van der Waals surface area contributed by atoms with Crippen molar-refractivity contribution in [3.63, 3.8) is 0 Å². The van der Waals surface area contributed by atoms with E-state index in [-0.39, 0.29) is 0 Å². The second-order valence-corrected chi connectivity index (χ2v) is 15.1. The van der Waals surface area contributed by atoms with Crippen LogP contribution >= 0.6 is 0 Å². The third-order valence-electron chi connectivity index (χ3n) is 11.9. The first-order valence-corrected chi connectivity index (χ1v) is 19.7. The number of aryl methyl sites for hydroxylation is 1. The highest BCUT2D eigenvalue weighted by Gasteiger charge is 2.19. The van der Waals surface area contributed by atoms with Crippen LogP contribution in [0.3, 0.4) is 0 Å². The van der Waals surface area contributed by atoms with Gasteiger partial charge < -0.3 is 0 Å². The Morgan fingerprint density at radius 3 is 1.48 bits per heavy atom. The third kappa shape index (κ3) is 5.45. The van der Waals surface area contributed by atoms with Crippen LogP contribution in [0.15, 0.2) is 200 Å². The van der Waals surface area contributed by atoms with Gasteiger partial charge in [0.15, 0.2) is 0 Å². The largest absolute Gasteiger partial charge is 0.0836 e. The van der Waals surface area contributed by atoms with E-state index in [1.54, 1.807) is 0 Å². The Kier molecular flexibility index (Phi) is 7.74. The molecule has 1 aliphatic rings. The van der Waals surface area contributed by atoms with Gasteiger partial charge in [-0.3, -0.25) is 0 Å². The summed E-state index contributed by atoms with van der Waals surface area (Å²) in [5.74, 6) is 0. The normalized spacial score (nSPS) is 12.4. The number of hydrogen-bond donors (Lipinski definition) is 0. The molecule has 0 atom stereocenters. The molecule has 1 aliphatic carbocycles. The van der Waals surface area contributed by atoms with Gasteiger partial charge in [0.2, 0.25) is 0 Å². The lowest BCUT2D eigenvalue weighted by Gasteiger charge is -2.20. The summed E-state index contributed by atoms with van der Waals surface area (Å²) >= 11 is 0. The lowest BCUT2D eigenvalue weighted by molar-refractivity contribution is 0.986. The molecule has 0 radical (unpaired) electrons. The lowest BCUT2D eigenvalue weighted by atomic mass is 9.83. The molecule has 0 fully saturated rings. The van der Waals surface area contributed by atoms with Gasteiger partial charge >= 0.3 is 0 Å². The summed E-state index contributed by atoms with van der Waals surface area (Å²) in [6.45, 7) is 0. The molecule has 0 spiro atoms. The number of allylic oxidation sites excluding steroid dienone is 1. The molecule has 0 heterocycles. The van der Waals surface area contributed by atoms with E-state index in [0.717, 1.165) is 12.8 Å². The van der Waals surface area contributed by atoms with E-state index in [9.17, 15) is 0 Å². The molecule has 0 nitrogen and oxygen atoms in total. The van der Waals surface area contributed by atoms with E-state index in [1.807, 2.05) is 0 Å². The van der Waals surface area contributed by atoms with Crippen LogP contribution in [-0.2, 0) is 6.42 Å². The molecule has 0 aromatic heterocycles. The highest BCUT2D eigenvalue weighted by molar-refractivity contribution is 6.22. The van der Waals surface area contributed by atoms with Crippen molar-refractivity contribution in [2.75, 3.05) is 0 Å². The lowest BCUT2D eigenvalue weighted by Crippen LogP contribution is -1.94. The first-order chi connectivity index (χ1) is 27.8. The van der Waals surface area contributed by atoms with Gasteiger partial charge in [0.25, 0.3) is 0 Å². The Bertz CT molecular complexity index is 3180. The standard InChI is InChI=1S/C56H38/c1-2-16-40-33-42(30-29-37(40)13-1)41-19-9-21-45(34-41)56-52-26-8-7-25-51(52)55(46-22-10-20-43(35-46)49-27-11-17-38-14-3-5-23-47(38)49)53-32-31-44(36-54(53)56)50-28-12-18-39-15-4-6-24-48(39)50/h2-12,14-36H,1,13H2. The molecule has 262 valence electrons. The van der Waals surface area contributed by atoms with Gasteiger partial charge in [0.05, 0.1) is 0 Å². The van der Waals surface area contributed by atoms with Crippen LogP contribution in [0.25, 0.3) is 105 Å². The molecule has 0 saturated carbocycles. The Morgan fingerprint density at radius 1 is 0.304 bits per heavy atom. The van der Waals surface area contributed by atoms with Crippen LogP contribution in [0.5, 0.6) is 0 Å². The van der Waals surface area contributed by atoms with Crippen molar-refractivity contribution >= 4 is 49.2 Å². The summed E-state index contributed by atoms with van der Waals surface area (Å²) in [4.78, 5) is 0. The van der Waals surface area contributed by atoms with Crippen LogP contribution in [0.4, 0.5) is 0 Å². The van der Waals surface area contributed by atoms with Crippen LogP contribution in [0, 0.1) is 0 Å². The van der Waals surface area contributed by atoms with Crippen LogP contribution in [0.2, 0.25) is 0 Å². The van der Waals surface area contributed by atoms with Crippen molar-refractivity contribution in [1.29, 1.82) is 0 Å². The maximum atomic E-state index is 2.45. The molecule has 11 rings (SSSR count). The van der Waals surface area contributed by atoms with Gasteiger partial charge in [0.1, 0.15) is 0 Å². The molecule has 0 N–H and O–H groups in total. The molecule has 10 aromatic rings. The minimum atomic E-state index is 1.11. The zero-order valence-corrected chi connectivity index (χ0v) is 31.0. The van der Waals surface area contributed by atoms with Gasteiger partial charge in [-0.15, -0.1) is 0 Å². The number of rotatable bonds is 5. The van der Waals surface area contributed by atoms with Crippen LogP contribution in [-0.4, -0.2) is 0 Å². The molecular formula is C56H38. The van der Waals surface area contributed by atoms with Gasteiger partial charge in [-0.25, -0.2) is 0 Å². The van der Waals surface area contributed by atoms with E-state index >= 15 is 0 Å². The predicted octanol–water partition coefficient (Wildman–Crippen LogP) is 15.6. The van der Waals surface area contributed by atoms with E-state index in [2.05, 4.69) is 206 Å². The van der Waals surface area contributed by atoms with Crippen LogP contribution < -0.4 is 0 Å². The summed E-state index contributed by atoms with van der Waals surface area (Å²) in [6.07, 6.45) is 6.82. The Morgan fingerprint density at radius 2 is 0.786 bits per heavy atom. The number of hydrogen-bond acceptors (Lipinski definition) is 0. The van der Waals surface area contributed by atoms with Crippen molar-refractivity contribution in [2.45, 2.75) is 12.8 Å². The first-order valence-electron chi connectivity index (χ1n) is 19.7. The first kappa shape index (κ1) is 32.4. The van der Waals surface area contributed by atoms with Crippen molar-refractivity contribution in [2.24, 2.45) is 0 Å². The van der Waals surface area contributed by atoms with Crippen LogP contribution in [0.1, 0.15) is 17.5 Å². The van der Waals surface area contributed by atoms with Gasteiger partial charge in [-0.1, -0.05) is 182 Å². The molecule has 0 aliphatic heterocycles.